The summed E-state index contributed by atoms with van der Waals surface area (Å²) in [6.07, 6.45) is 1.75. The van der Waals surface area contributed by atoms with Gasteiger partial charge in [-0.15, -0.1) is 0 Å². The smallest absolute Gasteiger partial charge is 0.246 e. The van der Waals surface area contributed by atoms with Gasteiger partial charge in [-0.1, -0.05) is 36.4 Å². The van der Waals surface area contributed by atoms with Crippen LogP contribution >= 0.6 is 0 Å². The fourth-order valence-electron chi connectivity index (χ4n) is 2.01. The Morgan fingerprint density at radius 1 is 1.00 bits per heavy atom. The SMILES string of the molecule is O=C1CN=Cc2cc(-c3ccccc3)ccc2N1. The number of nitrogens with zero attached hydrogens (tertiary/aromatic N) is 1. The molecule has 88 valence electrons. The number of benzene rings is 2. The number of hydrogen-bond acceptors (Lipinski definition) is 2. The van der Waals surface area contributed by atoms with Crippen molar-refractivity contribution in [3.63, 3.8) is 0 Å². The highest BCUT2D eigenvalue weighted by Crippen LogP contribution is 2.25. The number of rotatable bonds is 1. The molecule has 0 saturated heterocycles. The van der Waals surface area contributed by atoms with Crippen LogP contribution in [0.2, 0.25) is 0 Å². The molecule has 2 aromatic rings. The maximum atomic E-state index is 11.4. The van der Waals surface area contributed by atoms with Gasteiger partial charge in [-0.05, 0) is 23.3 Å². The van der Waals surface area contributed by atoms with E-state index in [-0.39, 0.29) is 12.5 Å². The molecule has 0 fully saturated rings. The lowest BCUT2D eigenvalue weighted by Gasteiger charge is -2.07. The van der Waals surface area contributed by atoms with Gasteiger partial charge in [0.15, 0.2) is 0 Å². The molecule has 3 nitrogen and oxygen atoms in total. The average Bonchev–Trinajstić information content (AvgIpc) is 2.59. The summed E-state index contributed by atoms with van der Waals surface area (Å²) in [5, 5.41) is 2.84. The van der Waals surface area contributed by atoms with Gasteiger partial charge in [-0.25, -0.2) is 0 Å². The van der Waals surface area contributed by atoms with Crippen LogP contribution in [0.15, 0.2) is 53.5 Å². The first kappa shape index (κ1) is 10.7. The number of anilines is 1. The largest absolute Gasteiger partial charge is 0.324 e. The van der Waals surface area contributed by atoms with Crippen LogP contribution in [0.5, 0.6) is 0 Å². The van der Waals surface area contributed by atoms with Crippen LogP contribution in [-0.4, -0.2) is 18.7 Å². The number of amides is 1. The molecule has 0 atom stereocenters. The van der Waals surface area contributed by atoms with Crippen LogP contribution in [0.4, 0.5) is 5.69 Å². The zero-order chi connectivity index (χ0) is 12.4. The third-order valence-corrected chi connectivity index (χ3v) is 2.90. The van der Waals surface area contributed by atoms with Crippen molar-refractivity contribution < 1.29 is 4.79 Å². The van der Waals surface area contributed by atoms with Gasteiger partial charge in [-0.2, -0.15) is 0 Å². The van der Waals surface area contributed by atoms with E-state index in [2.05, 4.69) is 22.4 Å². The summed E-state index contributed by atoms with van der Waals surface area (Å²) in [6.45, 7) is 0.190. The van der Waals surface area contributed by atoms with E-state index in [1.165, 1.54) is 0 Å². The number of carbonyl (C=O) groups is 1. The maximum absolute atomic E-state index is 11.4. The number of fused-ring (bicyclic) bond motifs is 1. The van der Waals surface area contributed by atoms with Crippen LogP contribution in [0.25, 0.3) is 11.1 Å². The molecule has 0 aromatic heterocycles. The Hall–Kier alpha value is -2.42. The highest BCUT2D eigenvalue weighted by Gasteiger charge is 2.10. The lowest BCUT2D eigenvalue weighted by Crippen LogP contribution is -2.13. The van der Waals surface area contributed by atoms with Gasteiger partial charge in [0, 0.05) is 17.5 Å². The second-order valence-electron chi connectivity index (χ2n) is 4.19. The molecule has 3 heteroatoms. The van der Waals surface area contributed by atoms with Crippen LogP contribution in [0.1, 0.15) is 5.56 Å². The molecule has 0 radical (unpaired) electrons. The van der Waals surface area contributed by atoms with E-state index in [9.17, 15) is 4.79 Å². The van der Waals surface area contributed by atoms with Gasteiger partial charge in [0.1, 0.15) is 6.54 Å². The lowest BCUT2D eigenvalue weighted by atomic mass is 10.0. The summed E-state index contributed by atoms with van der Waals surface area (Å²) in [5.41, 5.74) is 4.05. The first-order valence-electron chi connectivity index (χ1n) is 5.82. The van der Waals surface area contributed by atoms with Gasteiger partial charge in [0.25, 0.3) is 0 Å². The summed E-state index contributed by atoms with van der Waals surface area (Å²) in [5.74, 6) is -0.0718. The molecule has 18 heavy (non-hydrogen) atoms. The Bertz CT molecular complexity index is 618. The molecular formula is C15H12N2O. The van der Waals surface area contributed by atoms with Crippen molar-refractivity contribution in [2.45, 2.75) is 0 Å². The molecule has 1 amide bonds. The van der Waals surface area contributed by atoms with E-state index < -0.39 is 0 Å². The van der Waals surface area contributed by atoms with Crippen LogP contribution in [-0.2, 0) is 4.79 Å². The third-order valence-electron chi connectivity index (χ3n) is 2.90. The molecular weight excluding hydrogens is 224 g/mol. The Kier molecular flexibility index (Phi) is 2.65. The van der Waals surface area contributed by atoms with Gasteiger partial charge in [-0.3, -0.25) is 9.79 Å². The normalized spacial score (nSPS) is 13.7. The molecule has 1 aliphatic heterocycles. The zero-order valence-electron chi connectivity index (χ0n) is 9.76. The Balaban J connectivity index is 2.06. The van der Waals surface area contributed by atoms with E-state index >= 15 is 0 Å². The van der Waals surface area contributed by atoms with E-state index in [0.29, 0.717) is 0 Å². The maximum Gasteiger partial charge on any atom is 0.246 e. The Morgan fingerprint density at radius 3 is 2.67 bits per heavy atom. The minimum Gasteiger partial charge on any atom is -0.324 e. The summed E-state index contributed by atoms with van der Waals surface area (Å²) in [4.78, 5) is 15.5. The summed E-state index contributed by atoms with van der Waals surface area (Å²) in [7, 11) is 0. The molecule has 1 N–H and O–H groups in total. The first-order chi connectivity index (χ1) is 8.83. The lowest BCUT2D eigenvalue weighted by molar-refractivity contribution is -0.114. The van der Waals surface area contributed by atoms with Gasteiger partial charge >= 0.3 is 0 Å². The second-order valence-corrected chi connectivity index (χ2v) is 4.19. The van der Waals surface area contributed by atoms with Crippen LogP contribution in [0.3, 0.4) is 0 Å². The van der Waals surface area contributed by atoms with Crippen molar-refractivity contribution in [1.82, 2.24) is 0 Å². The van der Waals surface area contributed by atoms with Gasteiger partial charge in [0.05, 0.1) is 0 Å². The van der Waals surface area contributed by atoms with E-state index in [1.54, 1.807) is 6.21 Å². The molecule has 2 aromatic carbocycles. The summed E-state index contributed by atoms with van der Waals surface area (Å²) in [6, 6.07) is 16.1. The number of benzodiazepines with no additional fused rings is 1. The third kappa shape index (κ3) is 2.02. The van der Waals surface area contributed by atoms with Crippen molar-refractivity contribution in [2.75, 3.05) is 11.9 Å². The molecule has 0 bridgehead atoms. The van der Waals surface area contributed by atoms with Gasteiger partial charge in [0.2, 0.25) is 5.91 Å². The van der Waals surface area contributed by atoms with Crippen molar-refractivity contribution in [2.24, 2.45) is 4.99 Å². The molecule has 3 rings (SSSR count). The van der Waals surface area contributed by atoms with Crippen LogP contribution in [0, 0.1) is 0 Å². The quantitative estimate of drug-likeness (QED) is 0.812. The van der Waals surface area contributed by atoms with Crippen molar-refractivity contribution in [3.8, 4) is 11.1 Å². The van der Waals surface area contributed by atoms with Crippen molar-refractivity contribution in [1.29, 1.82) is 0 Å². The Labute approximate surface area is 105 Å². The van der Waals surface area contributed by atoms with Gasteiger partial charge < -0.3 is 5.32 Å². The monoisotopic (exact) mass is 236 g/mol. The molecule has 0 spiro atoms. The number of nitrogens with one attached hydrogen (secondary N) is 1. The highest BCUT2D eigenvalue weighted by atomic mass is 16.1. The van der Waals surface area contributed by atoms with E-state index in [1.807, 2.05) is 36.4 Å². The molecule has 1 heterocycles. The zero-order valence-corrected chi connectivity index (χ0v) is 9.76. The predicted molar refractivity (Wildman–Crippen MR) is 73.0 cm³/mol. The number of aliphatic imine (C=N–C) groups is 1. The molecule has 0 aliphatic carbocycles. The highest BCUT2D eigenvalue weighted by molar-refractivity contribution is 6.02. The minimum absolute atomic E-state index is 0.0718. The first-order valence-corrected chi connectivity index (χ1v) is 5.82. The fraction of sp³-hybridized carbons (Fsp3) is 0.0667. The molecule has 0 saturated carbocycles. The topological polar surface area (TPSA) is 41.5 Å². The number of carbonyl (C=O) groups excluding carboxylic acids is 1. The van der Waals surface area contributed by atoms with E-state index in [4.69, 9.17) is 0 Å². The minimum atomic E-state index is -0.0718. The molecule has 1 aliphatic rings. The summed E-state index contributed by atoms with van der Waals surface area (Å²) >= 11 is 0. The predicted octanol–water partition coefficient (Wildman–Crippen LogP) is 2.72. The fourth-order valence-corrected chi connectivity index (χ4v) is 2.01. The number of hydrogen-bond donors (Lipinski definition) is 1. The second kappa shape index (κ2) is 4.45. The van der Waals surface area contributed by atoms with Crippen LogP contribution < -0.4 is 5.32 Å². The van der Waals surface area contributed by atoms with Crippen molar-refractivity contribution in [3.05, 3.63) is 54.1 Å². The van der Waals surface area contributed by atoms with Crippen molar-refractivity contribution >= 4 is 17.8 Å². The average molecular weight is 236 g/mol. The Morgan fingerprint density at radius 2 is 1.83 bits per heavy atom. The summed E-state index contributed by atoms with van der Waals surface area (Å²) < 4.78 is 0. The standard InChI is InChI=1S/C15H12N2O/c18-15-10-16-9-13-8-12(6-7-14(13)17-15)11-4-2-1-3-5-11/h1-9H,10H2,(H,17,18). The molecule has 0 unspecified atom stereocenters. The van der Waals surface area contributed by atoms with E-state index in [0.717, 1.165) is 22.4 Å².